The lowest BCUT2D eigenvalue weighted by atomic mass is 9.67. The average Bonchev–Trinajstić information content (AvgIpc) is 2.62. The normalized spacial score (nSPS) is 16.9. The van der Waals surface area contributed by atoms with Crippen LogP contribution in [0.15, 0.2) is 30.5 Å². The standard InChI is InChI=1S/C19H22ClF2N3O/c1-12(2)19(4-7-26-8-5-19)14-10-15(20)24-17(11-14)25-16-9-13(18(21)22)3-6-23-16/h3,6,9-12,18H,4-5,7-8H2,1-2H3,(H,23,24,25). The van der Waals surface area contributed by atoms with Gasteiger partial charge in [0.25, 0.3) is 6.43 Å². The fourth-order valence-electron chi connectivity index (χ4n) is 3.57. The first-order valence-corrected chi connectivity index (χ1v) is 9.05. The van der Waals surface area contributed by atoms with Crippen LogP contribution in [0.5, 0.6) is 0 Å². The summed E-state index contributed by atoms with van der Waals surface area (Å²) in [7, 11) is 0. The second-order valence-corrected chi connectivity index (χ2v) is 7.27. The van der Waals surface area contributed by atoms with Gasteiger partial charge >= 0.3 is 0 Å². The number of anilines is 2. The van der Waals surface area contributed by atoms with E-state index in [9.17, 15) is 8.78 Å². The molecule has 0 bridgehead atoms. The summed E-state index contributed by atoms with van der Waals surface area (Å²) in [5, 5.41) is 3.37. The molecular weight excluding hydrogens is 360 g/mol. The maximum Gasteiger partial charge on any atom is 0.264 e. The zero-order chi connectivity index (χ0) is 18.7. The molecule has 2 aromatic heterocycles. The van der Waals surface area contributed by atoms with Crippen LogP contribution in [0.2, 0.25) is 5.15 Å². The Kier molecular flexibility index (Phi) is 5.73. The number of aromatic nitrogens is 2. The fraction of sp³-hybridized carbons (Fsp3) is 0.474. The lowest BCUT2D eigenvalue weighted by Crippen LogP contribution is -2.38. The number of alkyl halides is 2. The van der Waals surface area contributed by atoms with Crippen molar-refractivity contribution in [2.75, 3.05) is 18.5 Å². The summed E-state index contributed by atoms with van der Waals surface area (Å²) in [6, 6.07) is 6.44. The Labute approximate surface area is 157 Å². The molecule has 1 aliphatic rings. The van der Waals surface area contributed by atoms with Gasteiger partial charge in [0.1, 0.15) is 16.8 Å². The zero-order valence-corrected chi connectivity index (χ0v) is 15.6. The largest absolute Gasteiger partial charge is 0.381 e. The number of nitrogens with one attached hydrogen (secondary N) is 1. The smallest absolute Gasteiger partial charge is 0.264 e. The molecule has 1 fully saturated rings. The van der Waals surface area contributed by atoms with Crippen molar-refractivity contribution < 1.29 is 13.5 Å². The minimum Gasteiger partial charge on any atom is -0.381 e. The van der Waals surface area contributed by atoms with Gasteiger partial charge in [0, 0.05) is 30.4 Å². The molecule has 140 valence electrons. The SMILES string of the molecule is CC(C)C1(c2cc(Cl)nc(Nc3cc(C(F)F)ccn3)c2)CCOCC1. The molecule has 3 rings (SSSR count). The molecule has 0 atom stereocenters. The molecule has 0 spiro atoms. The molecule has 1 saturated heterocycles. The van der Waals surface area contributed by atoms with Crippen LogP contribution in [0, 0.1) is 5.92 Å². The van der Waals surface area contributed by atoms with Gasteiger partial charge in [0.2, 0.25) is 0 Å². The Balaban J connectivity index is 1.94. The topological polar surface area (TPSA) is 47.0 Å². The minimum atomic E-state index is -2.55. The van der Waals surface area contributed by atoms with Gasteiger partial charge in [0.15, 0.2) is 0 Å². The summed E-state index contributed by atoms with van der Waals surface area (Å²) < 4.78 is 31.3. The molecule has 0 aliphatic carbocycles. The van der Waals surface area contributed by atoms with Crippen LogP contribution in [0.4, 0.5) is 20.4 Å². The number of hydrogen-bond donors (Lipinski definition) is 1. The van der Waals surface area contributed by atoms with E-state index in [-0.39, 0.29) is 11.0 Å². The van der Waals surface area contributed by atoms with Crippen molar-refractivity contribution in [2.45, 2.75) is 38.5 Å². The Morgan fingerprint density at radius 3 is 2.54 bits per heavy atom. The van der Waals surface area contributed by atoms with E-state index < -0.39 is 6.43 Å². The first-order chi connectivity index (χ1) is 12.4. The highest BCUT2D eigenvalue weighted by atomic mass is 35.5. The quantitative estimate of drug-likeness (QED) is 0.693. The minimum absolute atomic E-state index is 0.0422. The van der Waals surface area contributed by atoms with Gasteiger partial charge in [-0.15, -0.1) is 0 Å². The Morgan fingerprint density at radius 1 is 1.15 bits per heavy atom. The molecular formula is C19H22ClF2N3O. The van der Waals surface area contributed by atoms with Crippen LogP contribution in [-0.2, 0) is 10.2 Å². The molecule has 0 aromatic carbocycles. The lowest BCUT2D eigenvalue weighted by molar-refractivity contribution is 0.0321. The van der Waals surface area contributed by atoms with Crippen LogP contribution >= 0.6 is 11.6 Å². The summed E-state index contributed by atoms with van der Waals surface area (Å²) in [5.41, 5.74) is 0.954. The van der Waals surface area contributed by atoms with E-state index in [0.29, 0.717) is 35.9 Å². The molecule has 26 heavy (non-hydrogen) atoms. The van der Waals surface area contributed by atoms with Crippen molar-refractivity contribution in [3.8, 4) is 0 Å². The van der Waals surface area contributed by atoms with Crippen LogP contribution < -0.4 is 5.32 Å². The molecule has 2 aromatic rings. The van der Waals surface area contributed by atoms with Gasteiger partial charge in [-0.25, -0.2) is 18.7 Å². The van der Waals surface area contributed by atoms with Crippen LogP contribution in [0.3, 0.4) is 0 Å². The first-order valence-electron chi connectivity index (χ1n) is 8.68. The van der Waals surface area contributed by atoms with Crippen LogP contribution in [-0.4, -0.2) is 23.2 Å². The maximum absolute atomic E-state index is 12.9. The molecule has 1 aliphatic heterocycles. The van der Waals surface area contributed by atoms with E-state index >= 15 is 0 Å². The Bertz CT molecular complexity index is 764. The van der Waals surface area contributed by atoms with E-state index in [1.807, 2.05) is 12.1 Å². The third-order valence-electron chi connectivity index (χ3n) is 5.15. The van der Waals surface area contributed by atoms with Gasteiger partial charge in [-0.05, 0) is 48.6 Å². The third kappa shape index (κ3) is 3.96. The second kappa shape index (κ2) is 7.84. The number of ether oxygens (including phenoxy) is 1. The van der Waals surface area contributed by atoms with Crippen molar-refractivity contribution in [1.82, 2.24) is 9.97 Å². The maximum atomic E-state index is 12.9. The molecule has 3 heterocycles. The van der Waals surface area contributed by atoms with Crippen molar-refractivity contribution in [3.63, 3.8) is 0 Å². The van der Waals surface area contributed by atoms with Gasteiger partial charge < -0.3 is 10.1 Å². The zero-order valence-electron chi connectivity index (χ0n) is 14.8. The fourth-order valence-corrected chi connectivity index (χ4v) is 3.77. The lowest BCUT2D eigenvalue weighted by Gasteiger charge is -2.41. The van der Waals surface area contributed by atoms with Crippen molar-refractivity contribution >= 4 is 23.2 Å². The summed E-state index contributed by atoms with van der Waals surface area (Å²) in [6.45, 7) is 5.80. The molecule has 0 radical (unpaired) electrons. The molecule has 7 heteroatoms. The number of pyridine rings is 2. The summed E-state index contributed by atoms with van der Waals surface area (Å²) in [6.07, 6.45) is 0.615. The van der Waals surface area contributed by atoms with Crippen molar-refractivity contribution in [3.05, 3.63) is 46.7 Å². The van der Waals surface area contributed by atoms with E-state index in [0.717, 1.165) is 18.4 Å². The van der Waals surface area contributed by atoms with Crippen molar-refractivity contribution in [2.24, 2.45) is 5.92 Å². The van der Waals surface area contributed by atoms with Gasteiger partial charge in [-0.1, -0.05) is 25.4 Å². The monoisotopic (exact) mass is 381 g/mol. The Hall–Kier alpha value is -1.79. The molecule has 0 saturated carbocycles. The van der Waals surface area contributed by atoms with Crippen molar-refractivity contribution in [1.29, 1.82) is 0 Å². The van der Waals surface area contributed by atoms with Crippen LogP contribution in [0.25, 0.3) is 0 Å². The van der Waals surface area contributed by atoms with Gasteiger partial charge in [-0.3, -0.25) is 0 Å². The van der Waals surface area contributed by atoms with Gasteiger partial charge in [0.05, 0.1) is 0 Å². The van der Waals surface area contributed by atoms with Gasteiger partial charge in [-0.2, -0.15) is 0 Å². The summed E-state index contributed by atoms with van der Waals surface area (Å²) >= 11 is 6.26. The predicted octanol–water partition coefficient (Wildman–Crippen LogP) is 5.52. The molecule has 4 nitrogen and oxygen atoms in total. The van der Waals surface area contributed by atoms with Crippen LogP contribution in [0.1, 0.15) is 44.2 Å². The summed E-state index contributed by atoms with van der Waals surface area (Å²) in [5.74, 6) is 1.21. The number of rotatable bonds is 5. The van der Waals surface area contributed by atoms with E-state index in [1.54, 1.807) is 0 Å². The molecule has 1 N–H and O–H groups in total. The van der Waals surface area contributed by atoms with E-state index in [2.05, 4.69) is 29.1 Å². The number of halogens is 3. The number of nitrogens with zero attached hydrogens (tertiary/aromatic N) is 2. The van der Waals surface area contributed by atoms with E-state index in [1.165, 1.54) is 18.3 Å². The highest BCUT2D eigenvalue weighted by Gasteiger charge is 2.38. The summed E-state index contributed by atoms with van der Waals surface area (Å²) in [4.78, 5) is 8.38. The number of hydrogen-bond acceptors (Lipinski definition) is 4. The molecule has 0 unspecified atom stereocenters. The third-order valence-corrected chi connectivity index (χ3v) is 5.34. The highest BCUT2D eigenvalue weighted by Crippen LogP contribution is 2.42. The first kappa shape index (κ1) is 19.0. The predicted molar refractivity (Wildman–Crippen MR) is 98.3 cm³/mol. The molecule has 0 amide bonds. The highest BCUT2D eigenvalue weighted by molar-refractivity contribution is 6.29. The second-order valence-electron chi connectivity index (χ2n) is 6.89. The van der Waals surface area contributed by atoms with E-state index in [4.69, 9.17) is 16.3 Å². The average molecular weight is 382 g/mol. The Morgan fingerprint density at radius 2 is 1.88 bits per heavy atom.